The molecule has 3 rings (SSSR count). The number of nitrogens with one attached hydrogen (secondary N) is 1. The standard InChI is InChI=1S/C17H21ClN2O2/c1-10(17(21)19-2)8-15-12-9-20(3)7-6-11-13(18)4-5-14(22-15)16(11)12/h4-5,10H,6-9H2,1-3H3,(H,19,21). The number of hydrogen-bond donors (Lipinski definition) is 1. The maximum atomic E-state index is 11.8. The van der Waals surface area contributed by atoms with Crippen LogP contribution >= 0.6 is 11.6 Å². The molecular weight excluding hydrogens is 300 g/mol. The second kappa shape index (κ2) is 5.94. The number of carbonyl (C=O) groups is 1. The van der Waals surface area contributed by atoms with Crippen molar-refractivity contribution in [3.05, 3.63) is 34.0 Å². The SMILES string of the molecule is CNC(=O)C(C)Cc1oc2ccc(Cl)c3c2c1CN(C)CC3. The summed E-state index contributed by atoms with van der Waals surface area (Å²) < 4.78 is 6.07. The highest BCUT2D eigenvalue weighted by molar-refractivity contribution is 6.32. The lowest BCUT2D eigenvalue weighted by Crippen LogP contribution is -2.27. The van der Waals surface area contributed by atoms with Crippen LogP contribution in [0.3, 0.4) is 0 Å². The Hall–Kier alpha value is -1.52. The van der Waals surface area contributed by atoms with Crippen LogP contribution in [-0.4, -0.2) is 31.4 Å². The van der Waals surface area contributed by atoms with Crippen LogP contribution in [0.25, 0.3) is 11.0 Å². The first-order valence-electron chi connectivity index (χ1n) is 7.63. The maximum Gasteiger partial charge on any atom is 0.223 e. The van der Waals surface area contributed by atoms with E-state index in [0.29, 0.717) is 6.42 Å². The molecule has 1 atom stereocenters. The van der Waals surface area contributed by atoms with E-state index in [1.807, 2.05) is 19.1 Å². The minimum absolute atomic E-state index is 0.0351. The highest BCUT2D eigenvalue weighted by atomic mass is 35.5. The number of benzene rings is 1. The van der Waals surface area contributed by atoms with Crippen molar-refractivity contribution in [2.24, 2.45) is 5.92 Å². The zero-order valence-corrected chi connectivity index (χ0v) is 14.0. The van der Waals surface area contributed by atoms with Gasteiger partial charge in [-0.1, -0.05) is 18.5 Å². The minimum atomic E-state index is -0.116. The van der Waals surface area contributed by atoms with Gasteiger partial charge in [0.2, 0.25) is 5.91 Å². The molecule has 5 heteroatoms. The van der Waals surface area contributed by atoms with E-state index in [4.69, 9.17) is 16.0 Å². The highest BCUT2D eigenvalue weighted by Crippen LogP contribution is 2.36. The van der Waals surface area contributed by atoms with Crippen molar-refractivity contribution < 1.29 is 9.21 Å². The summed E-state index contributed by atoms with van der Waals surface area (Å²) in [5, 5.41) is 4.65. The van der Waals surface area contributed by atoms with Crippen molar-refractivity contribution in [3.8, 4) is 0 Å². The number of likely N-dealkylation sites (N-methyl/N-ethyl adjacent to an activating group) is 1. The summed E-state index contributed by atoms with van der Waals surface area (Å²) in [5.41, 5.74) is 3.23. The van der Waals surface area contributed by atoms with E-state index in [9.17, 15) is 4.79 Å². The third-order valence-corrected chi connectivity index (χ3v) is 4.80. The summed E-state index contributed by atoms with van der Waals surface area (Å²) in [6.45, 7) is 3.72. The number of halogens is 1. The first-order valence-corrected chi connectivity index (χ1v) is 8.00. The molecule has 0 spiro atoms. The zero-order valence-electron chi connectivity index (χ0n) is 13.2. The maximum absolute atomic E-state index is 11.8. The first kappa shape index (κ1) is 15.4. The van der Waals surface area contributed by atoms with Crippen LogP contribution in [0.5, 0.6) is 0 Å². The zero-order chi connectivity index (χ0) is 15.9. The van der Waals surface area contributed by atoms with Crippen LogP contribution in [0, 0.1) is 5.92 Å². The van der Waals surface area contributed by atoms with Gasteiger partial charge in [-0.25, -0.2) is 0 Å². The second-order valence-electron chi connectivity index (χ2n) is 6.11. The smallest absolute Gasteiger partial charge is 0.223 e. The van der Waals surface area contributed by atoms with Crippen molar-refractivity contribution in [2.45, 2.75) is 26.3 Å². The fourth-order valence-corrected chi connectivity index (χ4v) is 3.45. The normalized spacial score (nSPS) is 16.5. The molecule has 1 aliphatic heterocycles. The van der Waals surface area contributed by atoms with Gasteiger partial charge in [0.1, 0.15) is 11.3 Å². The van der Waals surface area contributed by atoms with Crippen molar-refractivity contribution in [1.82, 2.24) is 10.2 Å². The summed E-state index contributed by atoms with van der Waals surface area (Å²) >= 11 is 6.39. The van der Waals surface area contributed by atoms with E-state index in [1.54, 1.807) is 7.05 Å². The van der Waals surface area contributed by atoms with Gasteiger partial charge in [0.15, 0.2) is 0 Å². The Balaban J connectivity index is 2.10. The number of hydrogen-bond acceptors (Lipinski definition) is 3. The lowest BCUT2D eigenvalue weighted by Gasteiger charge is -2.14. The van der Waals surface area contributed by atoms with Gasteiger partial charge in [-0.05, 0) is 31.2 Å². The second-order valence-corrected chi connectivity index (χ2v) is 6.52. The Morgan fingerprint density at radius 1 is 1.45 bits per heavy atom. The third kappa shape index (κ3) is 2.61. The Morgan fingerprint density at radius 2 is 2.23 bits per heavy atom. The van der Waals surface area contributed by atoms with Crippen LogP contribution in [0.15, 0.2) is 16.5 Å². The average Bonchev–Trinajstić information content (AvgIpc) is 2.72. The van der Waals surface area contributed by atoms with Gasteiger partial charge in [-0.2, -0.15) is 0 Å². The summed E-state index contributed by atoms with van der Waals surface area (Å²) in [6.07, 6.45) is 1.53. The molecule has 0 aliphatic carbocycles. The van der Waals surface area contributed by atoms with E-state index in [1.165, 1.54) is 11.1 Å². The number of amides is 1. The molecule has 1 aliphatic rings. The molecule has 0 saturated heterocycles. The minimum Gasteiger partial charge on any atom is -0.461 e. The van der Waals surface area contributed by atoms with Crippen LogP contribution in [0.4, 0.5) is 0 Å². The molecule has 22 heavy (non-hydrogen) atoms. The predicted molar refractivity (Wildman–Crippen MR) is 88.2 cm³/mol. The van der Waals surface area contributed by atoms with Crippen molar-refractivity contribution in [1.29, 1.82) is 0 Å². The summed E-state index contributed by atoms with van der Waals surface area (Å²) in [6, 6.07) is 3.84. The van der Waals surface area contributed by atoms with Gasteiger partial charge < -0.3 is 14.6 Å². The molecule has 1 aromatic carbocycles. The molecule has 0 saturated carbocycles. The third-order valence-electron chi connectivity index (χ3n) is 4.45. The Morgan fingerprint density at radius 3 is 2.95 bits per heavy atom. The quantitative estimate of drug-likeness (QED) is 0.945. The first-order chi connectivity index (χ1) is 10.5. The molecule has 1 amide bonds. The fourth-order valence-electron chi connectivity index (χ4n) is 3.20. The monoisotopic (exact) mass is 320 g/mol. The van der Waals surface area contributed by atoms with Crippen LogP contribution in [0.1, 0.15) is 23.8 Å². The molecule has 1 N–H and O–H groups in total. The molecule has 4 nitrogen and oxygen atoms in total. The Kier molecular flexibility index (Phi) is 4.15. The van der Waals surface area contributed by atoms with Crippen LogP contribution in [-0.2, 0) is 24.2 Å². The molecular formula is C17H21ClN2O2. The van der Waals surface area contributed by atoms with Crippen LogP contribution in [0.2, 0.25) is 5.02 Å². The predicted octanol–water partition coefficient (Wildman–Crippen LogP) is 3.00. The lowest BCUT2D eigenvalue weighted by atomic mass is 9.99. The van der Waals surface area contributed by atoms with E-state index in [0.717, 1.165) is 41.3 Å². The van der Waals surface area contributed by atoms with Gasteiger partial charge in [-0.15, -0.1) is 0 Å². The van der Waals surface area contributed by atoms with Gasteiger partial charge in [0.25, 0.3) is 0 Å². The van der Waals surface area contributed by atoms with Gasteiger partial charge in [-0.3, -0.25) is 4.79 Å². The van der Waals surface area contributed by atoms with Crippen molar-refractivity contribution >= 4 is 28.5 Å². The number of rotatable bonds is 3. The van der Waals surface area contributed by atoms with E-state index >= 15 is 0 Å². The average molecular weight is 321 g/mol. The number of nitrogens with zero attached hydrogens (tertiary/aromatic N) is 1. The summed E-state index contributed by atoms with van der Waals surface area (Å²) in [4.78, 5) is 14.1. The molecule has 0 bridgehead atoms. The number of furan rings is 1. The van der Waals surface area contributed by atoms with Gasteiger partial charge in [0, 0.05) is 48.4 Å². The lowest BCUT2D eigenvalue weighted by molar-refractivity contribution is -0.124. The van der Waals surface area contributed by atoms with Crippen LogP contribution < -0.4 is 5.32 Å². The summed E-state index contributed by atoms with van der Waals surface area (Å²) in [7, 11) is 3.77. The Labute approximate surface area is 135 Å². The van der Waals surface area contributed by atoms with E-state index < -0.39 is 0 Å². The molecule has 1 unspecified atom stereocenters. The van der Waals surface area contributed by atoms with Gasteiger partial charge in [0.05, 0.1) is 0 Å². The molecule has 2 heterocycles. The van der Waals surface area contributed by atoms with E-state index in [2.05, 4.69) is 17.3 Å². The number of carbonyl (C=O) groups excluding carboxylic acids is 1. The fraction of sp³-hybridized carbons (Fsp3) is 0.471. The molecule has 118 valence electrons. The van der Waals surface area contributed by atoms with Crippen molar-refractivity contribution in [2.75, 3.05) is 20.6 Å². The molecule has 0 fully saturated rings. The largest absolute Gasteiger partial charge is 0.461 e. The molecule has 2 aromatic rings. The summed E-state index contributed by atoms with van der Waals surface area (Å²) in [5.74, 6) is 0.825. The van der Waals surface area contributed by atoms with Crippen molar-refractivity contribution in [3.63, 3.8) is 0 Å². The molecule has 0 radical (unpaired) electrons. The Bertz CT molecular complexity index is 723. The highest BCUT2D eigenvalue weighted by Gasteiger charge is 2.25. The molecule has 1 aromatic heterocycles. The topological polar surface area (TPSA) is 45.5 Å². The van der Waals surface area contributed by atoms with E-state index in [-0.39, 0.29) is 11.8 Å². The van der Waals surface area contributed by atoms with Gasteiger partial charge >= 0.3 is 0 Å².